The summed E-state index contributed by atoms with van der Waals surface area (Å²) in [6.45, 7) is 5.65. The summed E-state index contributed by atoms with van der Waals surface area (Å²) in [7, 11) is 0. The fourth-order valence-electron chi connectivity index (χ4n) is 1.80. The molecule has 0 radical (unpaired) electrons. The first-order chi connectivity index (χ1) is 8.12. The van der Waals surface area contributed by atoms with Crippen LogP contribution in [0.1, 0.15) is 40.0 Å². The number of rotatable bonds is 0. The van der Waals surface area contributed by atoms with E-state index in [4.69, 9.17) is 10.5 Å². The van der Waals surface area contributed by atoms with Crippen LogP contribution in [0.5, 0.6) is 0 Å². The Balaban J connectivity index is 2.61. The molecule has 18 heavy (non-hydrogen) atoms. The van der Waals surface area contributed by atoms with Crippen LogP contribution in [-0.2, 0) is 4.74 Å². The third-order valence-corrected chi connectivity index (χ3v) is 2.85. The second kappa shape index (κ2) is 5.38. The smallest absolute Gasteiger partial charge is 0.410 e. The van der Waals surface area contributed by atoms with Crippen molar-refractivity contribution in [3.63, 3.8) is 0 Å². The normalized spacial score (nSPS) is 25.2. The molecule has 2 N–H and O–H groups in total. The van der Waals surface area contributed by atoms with E-state index in [2.05, 4.69) is 0 Å². The van der Waals surface area contributed by atoms with Gasteiger partial charge in [0, 0.05) is 19.5 Å². The summed E-state index contributed by atoms with van der Waals surface area (Å²) >= 11 is 0. The molecule has 6 heteroatoms. The third-order valence-electron chi connectivity index (χ3n) is 2.85. The van der Waals surface area contributed by atoms with Crippen LogP contribution in [0.4, 0.5) is 13.6 Å². The Hall–Kier alpha value is -0.910. The lowest BCUT2D eigenvalue weighted by molar-refractivity contribution is -0.0516. The van der Waals surface area contributed by atoms with E-state index in [0.717, 1.165) is 0 Å². The number of hydrogen-bond acceptors (Lipinski definition) is 3. The molecule has 4 nitrogen and oxygen atoms in total. The standard InChI is InChI=1S/C12H22F2N2O2/c1-11(2,3)18-10(17)16-7-4-5-9(15)12(13,14)6-8-16/h9H,4-8,15H2,1-3H3. The quantitative estimate of drug-likeness (QED) is 0.730. The van der Waals surface area contributed by atoms with E-state index >= 15 is 0 Å². The zero-order valence-corrected chi connectivity index (χ0v) is 11.2. The van der Waals surface area contributed by atoms with E-state index in [0.29, 0.717) is 13.0 Å². The highest BCUT2D eigenvalue weighted by Gasteiger charge is 2.39. The van der Waals surface area contributed by atoms with Gasteiger partial charge >= 0.3 is 6.09 Å². The Labute approximate surface area is 106 Å². The molecule has 1 aliphatic heterocycles. The fraction of sp³-hybridized carbons (Fsp3) is 0.917. The maximum Gasteiger partial charge on any atom is 0.410 e. The van der Waals surface area contributed by atoms with Crippen molar-refractivity contribution in [2.75, 3.05) is 13.1 Å². The van der Waals surface area contributed by atoms with Gasteiger partial charge in [-0.2, -0.15) is 0 Å². The lowest BCUT2D eigenvalue weighted by atomic mass is 10.00. The van der Waals surface area contributed by atoms with Crippen LogP contribution >= 0.6 is 0 Å². The topological polar surface area (TPSA) is 55.6 Å². The van der Waals surface area contributed by atoms with Crippen LogP contribution in [0.2, 0.25) is 0 Å². The molecule has 106 valence electrons. The maximum atomic E-state index is 13.5. The molecule has 1 atom stereocenters. The van der Waals surface area contributed by atoms with E-state index in [1.54, 1.807) is 20.8 Å². The average molecular weight is 264 g/mol. The highest BCUT2D eigenvalue weighted by molar-refractivity contribution is 5.68. The molecule has 0 bridgehead atoms. The maximum absolute atomic E-state index is 13.5. The molecule has 0 aromatic rings. The van der Waals surface area contributed by atoms with Crippen molar-refractivity contribution in [2.45, 2.75) is 57.6 Å². The van der Waals surface area contributed by atoms with Crippen molar-refractivity contribution in [3.8, 4) is 0 Å². The molecular weight excluding hydrogens is 242 g/mol. The summed E-state index contributed by atoms with van der Waals surface area (Å²) in [6, 6.07) is -1.11. The van der Waals surface area contributed by atoms with Crippen LogP contribution in [-0.4, -0.2) is 41.6 Å². The number of hydrogen-bond donors (Lipinski definition) is 1. The van der Waals surface area contributed by atoms with Crippen LogP contribution in [0.25, 0.3) is 0 Å². The molecule has 1 heterocycles. The van der Waals surface area contributed by atoms with Gasteiger partial charge in [0.05, 0.1) is 6.04 Å². The third kappa shape index (κ3) is 4.40. The molecule has 1 fully saturated rings. The minimum Gasteiger partial charge on any atom is -0.444 e. The van der Waals surface area contributed by atoms with Crippen molar-refractivity contribution in [1.29, 1.82) is 0 Å². The first kappa shape index (κ1) is 15.1. The molecular formula is C12H22F2N2O2. The summed E-state index contributed by atoms with van der Waals surface area (Å²) in [6.07, 6.45) is -0.260. The Morgan fingerprint density at radius 3 is 2.56 bits per heavy atom. The minimum absolute atomic E-state index is 0.0182. The first-order valence-electron chi connectivity index (χ1n) is 6.23. The second-order valence-electron chi connectivity index (χ2n) is 5.73. The molecule has 0 spiro atoms. The number of likely N-dealkylation sites (tertiary alicyclic amines) is 1. The van der Waals surface area contributed by atoms with Gasteiger partial charge in [0.1, 0.15) is 5.60 Å². The van der Waals surface area contributed by atoms with Crippen molar-refractivity contribution in [1.82, 2.24) is 4.90 Å². The highest BCUT2D eigenvalue weighted by atomic mass is 19.3. The summed E-state index contributed by atoms with van der Waals surface area (Å²) in [5.74, 6) is -2.92. The van der Waals surface area contributed by atoms with Gasteiger partial charge in [-0.1, -0.05) is 0 Å². The van der Waals surface area contributed by atoms with Gasteiger partial charge in [-0.15, -0.1) is 0 Å². The number of carbonyl (C=O) groups excluding carboxylic acids is 1. The van der Waals surface area contributed by atoms with Gasteiger partial charge in [-0.05, 0) is 33.6 Å². The Morgan fingerprint density at radius 2 is 2.00 bits per heavy atom. The summed E-state index contributed by atoms with van der Waals surface area (Å²) in [5, 5.41) is 0. The molecule has 0 saturated carbocycles. The number of halogens is 2. The molecule has 1 aliphatic rings. The molecule has 0 aliphatic carbocycles. The lowest BCUT2D eigenvalue weighted by Gasteiger charge is -2.32. The van der Waals surface area contributed by atoms with Crippen molar-refractivity contribution < 1.29 is 18.3 Å². The number of nitrogens with zero attached hydrogens (tertiary/aromatic N) is 1. The monoisotopic (exact) mass is 264 g/mol. The van der Waals surface area contributed by atoms with E-state index in [1.165, 1.54) is 4.90 Å². The van der Waals surface area contributed by atoms with Crippen molar-refractivity contribution >= 4 is 6.09 Å². The van der Waals surface area contributed by atoms with Gasteiger partial charge in [-0.25, -0.2) is 13.6 Å². The van der Waals surface area contributed by atoms with Crippen LogP contribution in [0.15, 0.2) is 0 Å². The molecule has 0 aromatic carbocycles. The molecule has 1 amide bonds. The predicted octanol–water partition coefficient (Wildman–Crippen LogP) is 2.37. The van der Waals surface area contributed by atoms with Crippen LogP contribution in [0.3, 0.4) is 0 Å². The molecule has 1 saturated heterocycles. The van der Waals surface area contributed by atoms with Gasteiger partial charge in [-0.3, -0.25) is 0 Å². The van der Waals surface area contributed by atoms with Gasteiger partial charge in [0.15, 0.2) is 0 Å². The Morgan fingerprint density at radius 1 is 1.39 bits per heavy atom. The van der Waals surface area contributed by atoms with Crippen LogP contribution < -0.4 is 5.73 Å². The molecule has 1 rings (SSSR count). The highest BCUT2D eigenvalue weighted by Crippen LogP contribution is 2.27. The van der Waals surface area contributed by atoms with E-state index in [-0.39, 0.29) is 13.0 Å². The summed E-state index contributed by atoms with van der Waals surface area (Å²) in [5.41, 5.74) is 4.81. The van der Waals surface area contributed by atoms with E-state index in [1.807, 2.05) is 0 Å². The Bertz CT molecular complexity index is 303. The van der Waals surface area contributed by atoms with Crippen molar-refractivity contribution in [2.24, 2.45) is 5.73 Å². The first-order valence-corrected chi connectivity index (χ1v) is 6.23. The van der Waals surface area contributed by atoms with Gasteiger partial charge < -0.3 is 15.4 Å². The second-order valence-corrected chi connectivity index (χ2v) is 5.73. The fourth-order valence-corrected chi connectivity index (χ4v) is 1.80. The minimum atomic E-state index is -2.92. The predicted molar refractivity (Wildman–Crippen MR) is 64.6 cm³/mol. The number of ether oxygens (including phenoxy) is 1. The van der Waals surface area contributed by atoms with Gasteiger partial charge in [0.25, 0.3) is 5.92 Å². The Kier molecular flexibility index (Phi) is 4.53. The zero-order valence-electron chi connectivity index (χ0n) is 11.2. The van der Waals surface area contributed by atoms with E-state index < -0.39 is 30.1 Å². The number of alkyl halides is 2. The zero-order chi connectivity index (χ0) is 14.0. The SMILES string of the molecule is CC(C)(C)OC(=O)N1CCCC(N)C(F)(F)CC1. The summed E-state index contributed by atoms with van der Waals surface area (Å²) < 4.78 is 32.2. The summed E-state index contributed by atoms with van der Waals surface area (Å²) in [4.78, 5) is 13.1. The molecule has 0 aromatic heterocycles. The van der Waals surface area contributed by atoms with E-state index in [9.17, 15) is 13.6 Å². The number of nitrogens with two attached hydrogens (primary N) is 1. The van der Waals surface area contributed by atoms with Crippen molar-refractivity contribution in [3.05, 3.63) is 0 Å². The lowest BCUT2D eigenvalue weighted by Crippen LogP contribution is -2.48. The largest absolute Gasteiger partial charge is 0.444 e. The molecule has 1 unspecified atom stereocenters. The number of carbonyl (C=O) groups is 1. The number of amides is 1. The van der Waals surface area contributed by atoms with Crippen LogP contribution in [0, 0.1) is 0 Å². The average Bonchev–Trinajstić information content (AvgIpc) is 2.18. The van der Waals surface area contributed by atoms with Gasteiger partial charge in [0.2, 0.25) is 0 Å².